The number of nitrogens with two attached hydrogens (primary N) is 1. The van der Waals surface area contributed by atoms with Gasteiger partial charge in [-0.3, -0.25) is 4.79 Å². The Kier molecular flexibility index (Phi) is 7.39. The highest BCUT2D eigenvalue weighted by molar-refractivity contribution is 5.95. The Bertz CT molecular complexity index is 395. The maximum Gasteiger partial charge on any atom is 0.241 e. The molecule has 0 fully saturated rings. The topological polar surface area (TPSA) is 64.3 Å². The van der Waals surface area contributed by atoms with E-state index in [1.807, 2.05) is 32.0 Å². The number of ether oxygens (including phenoxy) is 1. The fraction of sp³-hybridized carbons (Fsp3) is 0.462. The maximum absolute atomic E-state index is 11.5. The van der Waals surface area contributed by atoms with Crippen LogP contribution in [-0.2, 0) is 4.79 Å². The number of halogens is 1. The molecule has 3 N–H and O–H groups in total. The van der Waals surface area contributed by atoms with E-state index in [2.05, 4.69) is 5.32 Å². The first-order valence-electron chi connectivity index (χ1n) is 5.84. The van der Waals surface area contributed by atoms with Crippen molar-refractivity contribution in [1.82, 2.24) is 0 Å². The zero-order chi connectivity index (χ0) is 12.8. The molecule has 1 aromatic rings. The van der Waals surface area contributed by atoms with Gasteiger partial charge in [-0.05, 0) is 38.0 Å². The summed E-state index contributed by atoms with van der Waals surface area (Å²) in [6.45, 7) is 6.30. The molecule has 0 aliphatic heterocycles. The lowest BCUT2D eigenvalue weighted by Crippen LogP contribution is -2.32. The van der Waals surface area contributed by atoms with E-state index in [1.165, 1.54) is 0 Å². The summed E-state index contributed by atoms with van der Waals surface area (Å²) in [7, 11) is 0. The average Bonchev–Trinajstić information content (AvgIpc) is 2.29. The highest BCUT2D eigenvalue weighted by Gasteiger charge is 2.11. The van der Waals surface area contributed by atoms with Crippen molar-refractivity contribution in [2.45, 2.75) is 33.2 Å². The molecular formula is C13H21ClN2O2. The normalized spacial score (nSPS) is 11.3. The van der Waals surface area contributed by atoms with Gasteiger partial charge in [0, 0.05) is 0 Å². The number of rotatable bonds is 5. The quantitative estimate of drug-likeness (QED) is 0.866. The minimum Gasteiger partial charge on any atom is -0.491 e. The monoisotopic (exact) mass is 272 g/mol. The first-order valence-corrected chi connectivity index (χ1v) is 5.84. The molecule has 0 saturated carbocycles. The second-order valence-electron chi connectivity index (χ2n) is 4.13. The highest BCUT2D eigenvalue weighted by Crippen LogP contribution is 2.26. The summed E-state index contributed by atoms with van der Waals surface area (Å²) >= 11 is 0. The zero-order valence-electron chi connectivity index (χ0n) is 11.0. The molecule has 0 saturated heterocycles. The third kappa shape index (κ3) is 4.94. The molecule has 102 valence electrons. The lowest BCUT2D eigenvalue weighted by atomic mass is 10.2. The summed E-state index contributed by atoms with van der Waals surface area (Å²) in [6.07, 6.45) is 0.925. The van der Waals surface area contributed by atoms with Gasteiger partial charge >= 0.3 is 0 Å². The van der Waals surface area contributed by atoms with Gasteiger partial charge in [-0.25, -0.2) is 0 Å². The molecule has 1 aromatic carbocycles. The summed E-state index contributed by atoms with van der Waals surface area (Å²) in [5.74, 6) is 0.482. The van der Waals surface area contributed by atoms with Gasteiger partial charge < -0.3 is 15.8 Å². The molecule has 0 bridgehead atoms. The summed E-state index contributed by atoms with van der Waals surface area (Å²) in [5.41, 5.74) is 7.28. The molecule has 5 heteroatoms. The van der Waals surface area contributed by atoms with E-state index >= 15 is 0 Å². The molecule has 0 unspecified atom stereocenters. The van der Waals surface area contributed by atoms with E-state index in [0.717, 1.165) is 12.0 Å². The number of nitrogens with one attached hydrogen (secondary N) is 1. The van der Waals surface area contributed by atoms with Gasteiger partial charge in [0.25, 0.3) is 0 Å². The Hall–Kier alpha value is -1.26. The number of anilines is 1. The van der Waals surface area contributed by atoms with Gasteiger partial charge in [-0.2, -0.15) is 0 Å². The molecular weight excluding hydrogens is 252 g/mol. The number of aryl methyl sites for hydroxylation is 1. The van der Waals surface area contributed by atoms with E-state index in [9.17, 15) is 4.79 Å². The van der Waals surface area contributed by atoms with Crippen molar-refractivity contribution in [3.05, 3.63) is 23.8 Å². The lowest BCUT2D eigenvalue weighted by molar-refractivity contribution is -0.117. The van der Waals surface area contributed by atoms with Crippen LogP contribution in [0.4, 0.5) is 5.69 Å². The Morgan fingerprint density at radius 1 is 1.50 bits per heavy atom. The Labute approximate surface area is 114 Å². The molecule has 1 amide bonds. The van der Waals surface area contributed by atoms with Crippen LogP contribution in [-0.4, -0.2) is 18.6 Å². The third-order valence-corrected chi connectivity index (χ3v) is 2.27. The molecule has 0 heterocycles. The highest BCUT2D eigenvalue weighted by atomic mass is 35.5. The fourth-order valence-electron chi connectivity index (χ4n) is 1.31. The van der Waals surface area contributed by atoms with E-state index in [-0.39, 0.29) is 18.3 Å². The smallest absolute Gasteiger partial charge is 0.241 e. The minimum atomic E-state index is -0.532. The van der Waals surface area contributed by atoms with E-state index in [0.29, 0.717) is 18.0 Å². The molecule has 1 atom stereocenters. The van der Waals surface area contributed by atoms with E-state index in [4.69, 9.17) is 10.5 Å². The molecule has 1 rings (SSSR count). The van der Waals surface area contributed by atoms with Gasteiger partial charge in [-0.15, -0.1) is 12.4 Å². The number of amides is 1. The van der Waals surface area contributed by atoms with Crippen LogP contribution in [0.5, 0.6) is 5.75 Å². The minimum absolute atomic E-state index is 0. The number of carbonyl (C=O) groups excluding carboxylic acids is 1. The van der Waals surface area contributed by atoms with Crippen LogP contribution in [0, 0.1) is 6.92 Å². The van der Waals surface area contributed by atoms with E-state index < -0.39 is 6.04 Å². The van der Waals surface area contributed by atoms with Crippen LogP contribution in [0.3, 0.4) is 0 Å². The van der Waals surface area contributed by atoms with Crippen LogP contribution in [0.1, 0.15) is 25.8 Å². The first-order chi connectivity index (χ1) is 8.04. The van der Waals surface area contributed by atoms with Crippen LogP contribution in [0.2, 0.25) is 0 Å². The predicted octanol–water partition coefficient (Wildman–Crippen LogP) is 2.49. The summed E-state index contributed by atoms with van der Waals surface area (Å²) in [4.78, 5) is 11.5. The molecule has 0 aliphatic rings. The summed E-state index contributed by atoms with van der Waals surface area (Å²) in [5, 5.41) is 2.76. The Morgan fingerprint density at radius 2 is 2.17 bits per heavy atom. The number of hydrogen-bond donors (Lipinski definition) is 2. The van der Waals surface area contributed by atoms with Gasteiger partial charge in [0.15, 0.2) is 0 Å². The van der Waals surface area contributed by atoms with Gasteiger partial charge in [0.05, 0.1) is 18.3 Å². The van der Waals surface area contributed by atoms with Gasteiger partial charge in [-0.1, -0.05) is 13.0 Å². The van der Waals surface area contributed by atoms with Crippen molar-refractivity contribution in [3.8, 4) is 5.75 Å². The van der Waals surface area contributed by atoms with Crippen LogP contribution >= 0.6 is 12.4 Å². The lowest BCUT2D eigenvalue weighted by Gasteiger charge is -2.14. The molecule has 0 spiro atoms. The fourth-order valence-corrected chi connectivity index (χ4v) is 1.31. The molecule has 4 nitrogen and oxygen atoms in total. The van der Waals surface area contributed by atoms with Crippen LogP contribution in [0.15, 0.2) is 18.2 Å². The van der Waals surface area contributed by atoms with Crippen molar-refractivity contribution in [3.63, 3.8) is 0 Å². The molecule has 0 aromatic heterocycles. The maximum atomic E-state index is 11.5. The predicted molar refractivity (Wildman–Crippen MR) is 76.5 cm³/mol. The van der Waals surface area contributed by atoms with Gasteiger partial charge in [0.1, 0.15) is 5.75 Å². The van der Waals surface area contributed by atoms with Crippen molar-refractivity contribution in [1.29, 1.82) is 0 Å². The summed E-state index contributed by atoms with van der Waals surface area (Å²) < 4.78 is 5.59. The summed E-state index contributed by atoms with van der Waals surface area (Å²) in [6, 6.07) is 5.14. The first kappa shape index (κ1) is 16.7. The SMILES string of the molecule is CCCOc1cc(C)ccc1NC(=O)[C@@H](C)N.Cl. The van der Waals surface area contributed by atoms with Crippen LogP contribution < -0.4 is 15.8 Å². The Morgan fingerprint density at radius 3 is 2.72 bits per heavy atom. The largest absolute Gasteiger partial charge is 0.491 e. The standard InChI is InChI=1S/C13H20N2O2.ClH/c1-4-7-17-12-8-9(2)5-6-11(12)15-13(16)10(3)14;/h5-6,8,10H,4,7,14H2,1-3H3,(H,15,16);1H/t10-;/m1./s1. The zero-order valence-corrected chi connectivity index (χ0v) is 11.8. The van der Waals surface area contributed by atoms with E-state index in [1.54, 1.807) is 6.92 Å². The Balaban J connectivity index is 0.00000289. The third-order valence-electron chi connectivity index (χ3n) is 2.27. The van der Waals surface area contributed by atoms with Gasteiger partial charge in [0.2, 0.25) is 5.91 Å². The van der Waals surface area contributed by atoms with Crippen LogP contribution in [0.25, 0.3) is 0 Å². The average molecular weight is 273 g/mol. The van der Waals surface area contributed by atoms with Crippen molar-refractivity contribution >= 4 is 24.0 Å². The molecule has 0 aliphatic carbocycles. The molecule has 0 radical (unpaired) electrons. The number of benzene rings is 1. The second-order valence-corrected chi connectivity index (χ2v) is 4.13. The van der Waals surface area contributed by atoms with Crippen molar-refractivity contribution < 1.29 is 9.53 Å². The van der Waals surface area contributed by atoms with Crippen molar-refractivity contribution in [2.24, 2.45) is 5.73 Å². The number of carbonyl (C=O) groups is 1. The number of hydrogen-bond acceptors (Lipinski definition) is 3. The van der Waals surface area contributed by atoms with Crippen molar-refractivity contribution in [2.75, 3.05) is 11.9 Å². The molecule has 18 heavy (non-hydrogen) atoms. The second kappa shape index (κ2) is 7.95.